The van der Waals surface area contributed by atoms with Gasteiger partial charge >= 0.3 is 0 Å². The van der Waals surface area contributed by atoms with Gasteiger partial charge in [-0.25, -0.2) is 0 Å². The lowest BCUT2D eigenvalue weighted by atomic mass is 9.92. The van der Waals surface area contributed by atoms with Crippen LogP contribution in [0.1, 0.15) is 57.4 Å². The second-order valence-electron chi connectivity index (χ2n) is 7.41. The zero-order chi connectivity index (χ0) is 17.9. The summed E-state index contributed by atoms with van der Waals surface area (Å²) in [5, 5.41) is 3.20. The Morgan fingerprint density at radius 2 is 2.08 bits per heavy atom. The summed E-state index contributed by atoms with van der Waals surface area (Å²) in [4.78, 5) is 27.2. The Kier molecular flexibility index (Phi) is 5.30. The Hall–Kier alpha value is -2.04. The summed E-state index contributed by atoms with van der Waals surface area (Å²) in [5.74, 6) is 0.801. The quantitative estimate of drug-likeness (QED) is 0.893. The predicted octanol–water partition coefficient (Wildman–Crippen LogP) is 3.03. The van der Waals surface area contributed by atoms with E-state index in [0.29, 0.717) is 19.4 Å². The van der Waals surface area contributed by atoms with E-state index >= 15 is 0 Å². The molecule has 1 saturated heterocycles. The molecule has 5 nitrogen and oxygen atoms in total. The molecule has 2 fully saturated rings. The van der Waals surface area contributed by atoms with Gasteiger partial charge in [-0.3, -0.25) is 9.59 Å². The molecule has 0 aromatic heterocycles. The molecule has 2 amide bonds. The van der Waals surface area contributed by atoms with E-state index in [4.69, 9.17) is 4.74 Å². The fourth-order valence-corrected chi connectivity index (χ4v) is 3.94. The highest BCUT2D eigenvalue weighted by Crippen LogP contribution is 2.33. The van der Waals surface area contributed by atoms with Crippen LogP contribution in [0.4, 0.5) is 0 Å². The number of ether oxygens (including phenoxy) is 1. The van der Waals surface area contributed by atoms with Crippen molar-refractivity contribution < 1.29 is 14.3 Å². The molecule has 1 aliphatic carbocycles. The van der Waals surface area contributed by atoms with Gasteiger partial charge in [0.05, 0.1) is 7.11 Å². The summed E-state index contributed by atoms with van der Waals surface area (Å²) in [6, 6.07) is 7.93. The van der Waals surface area contributed by atoms with Crippen LogP contribution in [0.25, 0.3) is 0 Å². The molecule has 0 radical (unpaired) electrons. The number of nitrogens with one attached hydrogen (secondary N) is 1. The van der Waals surface area contributed by atoms with Crippen molar-refractivity contribution in [1.29, 1.82) is 0 Å². The minimum Gasteiger partial charge on any atom is -0.497 e. The van der Waals surface area contributed by atoms with Gasteiger partial charge in [0.15, 0.2) is 0 Å². The fraction of sp³-hybridized carbons (Fsp3) is 0.600. The van der Waals surface area contributed by atoms with Gasteiger partial charge in [-0.15, -0.1) is 0 Å². The number of rotatable bonds is 5. The summed E-state index contributed by atoms with van der Waals surface area (Å²) in [7, 11) is 1.63. The standard InChI is InChI=1S/C20H28N2O3/c1-20(19(24)21-16-8-4-3-5-9-16)12-11-18(23)22(20)14-15-7-6-10-17(13-15)25-2/h6-7,10,13,16H,3-5,8-9,11-12,14H2,1-2H3,(H,21,24)/t20-/m0/s1. The largest absolute Gasteiger partial charge is 0.497 e. The Morgan fingerprint density at radius 1 is 1.32 bits per heavy atom. The maximum Gasteiger partial charge on any atom is 0.245 e. The summed E-state index contributed by atoms with van der Waals surface area (Å²) >= 11 is 0. The van der Waals surface area contributed by atoms with Crippen LogP contribution in [-0.2, 0) is 16.1 Å². The Labute approximate surface area is 149 Å². The number of amides is 2. The van der Waals surface area contributed by atoms with E-state index in [1.807, 2.05) is 31.2 Å². The predicted molar refractivity (Wildman–Crippen MR) is 96.2 cm³/mol. The van der Waals surface area contributed by atoms with Crippen molar-refractivity contribution in [2.75, 3.05) is 7.11 Å². The third kappa shape index (κ3) is 3.80. The van der Waals surface area contributed by atoms with Crippen LogP contribution in [0.2, 0.25) is 0 Å². The van der Waals surface area contributed by atoms with Gasteiger partial charge in [0.1, 0.15) is 11.3 Å². The summed E-state index contributed by atoms with van der Waals surface area (Å²) in [6.45, 7) is 2.33. The van der Waals surface area contributed by atoms with E-state index in [-0.39, 0.29) is 17.9 Å². The SMILES string of the molecule is COc1cccc(CN2C(=O)CC[C@@]2(C)C(=O)NC2CCCCC2)c1. The van der Waals surface area contributed by atoms with Gasteiger partial charge in [0.25, 0.3) is 0 Å². The molecular weight excluding hydrogens is 316 g/mol. The third-order valence-corrected chi connectivity index (χ3v) is 5.63. The van der Waals surface area contributed by atoms with E-state index in [1.54, 1.807) is 12.0 Å². The number of carbonyl (C=O) groups excluding carboxylic acids is 2. The molecule has 2 aliphatic rings. The summed E-state index contributed by atoms with van der Waals surface area (Å²) < 4.78 is 5.26. The first kappa shape index (κ1) is 17.8. The van der Waals surface area contributed by atoms with Crippen molar-refractivity contribution in [2.45, 2.75) is 70.0 Å². The number of benzene rings is 1. The van der Waals surface area contributed by atoms with Crippen LogP contribution in [-0.4, -0.2) is 35.4 Å². The van der Waals surface area contributed by atoms with Crippen LogP contribution < -0.4 is 10.1 Å². The first-order chi connectivity index (χ1) is 12.0. The number of hydrogen-bond donors (Lipinski definition) is 1. The molecule has 0 spiro atoms. The van der Waals surface area contributed by atoms with E-state index < -0.39 is 5.54 Å². The second-order valence-corrected chi connectivity index (χ2v) is 7.41. The number of hydrogen-bond acceptors (Lipinski definition) is 3. The molecule has 1 saturated carbocycles. The van der Waals surface area contributed by atoms with Gasteiger partial charge in [0.2, 0.25) is 11.8 Å². The highest BCUT2D eigenvalue weighted by molar-refractivity contribution is 5.94. The van der Waals surface area contributed by atoms with Crippen LogP contribution in [0.3, 0.4) is 0 Å². The van der Waals surface area contributed by atoms with Crippen LogP contribution in [0.15, 0.2) is 24.3 Å². The lowest BCUT2D eigenvalue weighted by Crippen LogP contribution is -2.56. The van der Waals surface area contributed by atoms with Gasteiger partial charge in [0, 0.05) is 19.0 Å². The van der Waals surface area contributed by atoms with E-state index in [9.17, 15) is 9.59 Å². The molecule has 0 bridgehead atoms. The zero-order valence-electron chi connectivity index (χ0n) is 15.2. The molecule has 3 rings (SSSR count). The average Bonchev–Trinajstić information content (AvgIpc) is 2.92. The Bertz CT molecular complexity index is 640. The first-order valence-corrected chi connectivity index (χ1v) is 9.27. The van der Waals surface area contributed by atoms with Crippen molar-refractivity contribution >= 4 is 11.8 Å². The molecule has 1 atom stereocenters. The van der Waals surface area contributed by atoms with E-state index in [0.717, 1.165) is 24.2 Å². The highest BCUT2D eigenvalue weighted by Gasteiger charge is 2.47. The van der Waals surface area contributed by atoms with Gasteiger partial charge in [-0.05, 0) is 43.9 Å². The van der Waals surface area contributed by atoms with Crippen molar-refractivity contribution in [2.24, 2.45) is 0 Å². The van der Waals surface area contributed by atoms with Crippen LogP contribution in [0.5, 0.6) is 5.75 Å². The second kappa shape index (κ2) is 7.46. The van der Waals surface area contributed by atoms with Gasteiger partial charge < -0.3 is 15.0 Å². The molecule has 1 aromatic carbocycles. The highest BCUT2D eigenvalue weighted by atomic mass is 16.5. The monoisotopic (exact) mass is 344 g/mol. The lowest BCUT2D eigenvalue weighted by Gasteiger charge is -2.36. The molecule has 1 aliphatic heterocycles. The molecule has 1 N–H and O–H groups in total. The normalized spacial score (nSPS) is 24.4. The number of carbonyl (C=O) groups is 2. The zero-order valence-corrected chi connectivity index (χ0v) is 15.2. The minimum atomic E-state index is -0.766. The smallest absolute Gasteiger partial charge is 0.245 e. The van der Waals surface area contributed by atoms with Gasteiger partial charge in [-0.1, -0.05) is 31.4 Å². The molecular formula is C20H28N2O3. The van der Waals surface area contributed by atoms with Crippen LogP contribution in [0, 0.1) is 0 Å². The summed E-state index contributed by atoms with van der Waals surface area (Å²) in [6.07, 6.45) is 6.70. The van der Waals surface area contributed by atoms with Crippen molar-refractivity contribution in [3.63, 3.8) is 0 Å². The van der Waals surface area contributed by atoms with Gasteiger partial charge in [-0.2, -0.15) is 0 Å². The molecule has 5 heteroatoms. The lowest BCUT2D eigenvalue weighted by molar-refractivity contribution is -0.141. The number of likely N-dealkylation sites (tertiary alicyclic amines) is 1. The maximum absolute atomic E-state index is 13.0. The Morgan fingerprint density at radius 3 is 2.80 bits per heavy atom. The fourth-order valence-electron chi connectivity index (χ4n) is 3.94. The van der Waals surface area contributed by atoms with E-state index in [1.165, 1.54) is 19.3 Å². The topological polar surface area (TPSA) is 58.6 Å². The molecule has 1 aromatic rings. The molecule has 0 unspecified atom stereocenters. The minimum absolute atomic E-state index is 0.00635. The molecule has 25 heavy (non-hydrogen) atoms. The average molecular weight is 344 g/mol. The third-order valence-electron chi connectivity index (χ3n) is 5.63. The maximum atomic E-state index is 13.0. The summed E-state index contributed by atoms with van der Waals surface area (Å²) in [5.41, 5.74) is 0.212. The van der Waals surface area contributed by atoms with Crippen molar-refractivity contribution in [1.82, 2.24) is 10.2 Å². The van der Waals surface area contributed by atoms with E-state index in [2.05, 4.69) is 5.32 Å². The van der Waals surface area contributed by atoms with Crippen LogP contribution >= 0.6 is 0 Å². The number of nitrogens with zero attached hydrogens (tertiary/aromatic N) is 1. The van der Waals surface area contributed by atoms with Crippen molar-refractivity contribution in [3.8, 4) is 5.75 Å². The first-order valence-electron chi connectivity index (χ1n) is 9.27. The Balaban J connectivity index is 1.73. The van der Waals surface area contributed by atoms with Crippen molar-refractivity contribution in [3.05, 3.63) is 29.8 Å². The molecule has 1 heterocycles. The number of methoxy groups -OCH3 is 1. The molecule has 136 valence electrons.